The molecule has 1 heterocycles. The average molecular weight is 329 g/mol. The SMILES string of the molecule is Fc1ccc(C(CCl)Cc2cncc(Br)c2)cc1. The third kappa shape index (κ3) is 3.53. The predicted octanol–water partition coefficient (Wildman–Crippen LogP) is 4.55. The van der Waals surface area contributed by atoms with Crippen molar-refractivity contribution in [2.45, 2.75) is 12.3 Å². The van der Waals surface area contributed by atoms with Crippen LogP contribution in [0.1, 0.15) is 17.0 Å². The van der Waals surface area contributed by atoms with Gasteiger partial charge >= 0.3 is 0 Å². The van der Waals surface area contributed by atoms with Crippen molar-refractivity contribution >= 4 is 27.5 Å². The molecule has 0 fully saturated rings. The molecule has 1 unspecified atom stereocenters. The number of aromatic nitrogens is 1. The normalized spacial score (nSPS) is 12.4. The molecule has 0 saturated carbocycles. The Morgan fingerprint density at radius 3 is 2.56 bits per heavy atom. The van der Waals surface area contributed by atoms with Crippen molar-refractivity contribution in [2.75, 3.05) is 5.88 Å². The van der Waals surface area contributed by atoms with E-state index in [9.17, 15) is 4.39 Å². The molecule has 1 aromatic heterocycles. The smallest absolute Gasteiger partial charge is 0.123 e. The summed E-state index contributed by atoms with van der Waals surface area (Å²) in [5.41, 5.74) is 2.16. The van der Waals surface area contributed by atoms with Crippen LogP contribution in [-0.4, -0.2) is 10.9 Å². The Morgan fingerprint density at radius 1 is 1.22 bits per heavy atom. The summed E-state index contributed by atoms with van der Waals surface area (Å²) in [6.07, 6.45) is 4.37. The van der Waals surface area contributed by atoms with Crippen LogP contribution in [-0.2, 0) is 6.42 Å². The zero-order valence-corrected chi connectivity index (χ0v) is 12.0. The topological polar surface area (TPSA) is 12.9 Å². The van der Waals surface area contributed by atoms with E-state index in [2.05, 4.69) is 20.9 Å². The van der Waals surface area contributed by atoms with Crippen LogP contribution < -0.4 is 0 Å². The largest absolute Gasteiger partial charge is 0.263 e. The van der Waals surface area contributed by atoms with Gasteiger partial charge in [-0.25, -0.2) is 4.39 Å². The highest BCUT2D eigenvalue weighted by Crippen LogP contribution is 2.23. The molecule has 0 amide bonds. The Hall–Kier alpha value is -0.930. The summed E-state index contributed by atoms with van der Waals surface area (Å²) < 4.78 is 13.8. The molecule has 1 atom stereocenters. The maximum absolute atomic E-state index is 12.9. The first-order valence-corrected chi connectivity index (χ1v) is 6.92. The van der Waals surface area contributed by atoms with Gasteiger partial charge < -0.3 is 0 Å². The third-order valence-electron chi connectivity index (χ3n) is 2.77. The lowest BCUT2D eigenvalue weighted by molar-refractivity contribution is 0.625. The number of pyridine rings is 1. The number of hydrogen-bond donors (Lipinski definition) is 0. The first kappa shape index (κ1) is 13.5. The van der Waals surface area contributed by atoms with E-state index < -0.39 is 0 Å². The predicted molar refractivity (Wildman–Crippen MR) is 75.5 cm³/mol. The van der Waals surface area contributed by atoms with Crippen LogP contribution in [0.4, 0.5) is 4.39 Å². The van der Waals surface area contributed by atoms with Gasteiger partial charge in [0.2, 0.25) is 0 Å². The van der Waals surface area contributed by atoms with Crippen LogP contribution in [0.2, 0.25) is 0 Å². The van der Waals surface area contributed by atoms with Gasteiger partial charge in [-0.3, -0.25) is 4.98 Å². The molecular formula is C14H12BrClFN. The summed E-state index contributed by atoms with van der Waals surface area (Å²) in [7, 11) is 0. The number of nitrogens with zero attached hydrogens (tertiary/aromatic N) is 1. The van der Waals surface area contributed by atoms with Crippen LogP contribution >= 0.6 is 27.5 Å². The van der Waals surface area contributed by atoms with Gasteiger partial charge in [-0.05, 0) is 51.7 Å². The van der Waals surface area contributed by atoms with E-state index in [1.807, 2.05) is 12.3 Å². The third-order valence-corrected chi connectivity index (χ3v) is 3.58. The molecule has 0 bridgehead atoms. The van der Waals surface area contributed by atoms with Crippen LogP contribution in [0.15, 0.2) is 47.2 Å². The summed E-state index contributed by atoms with van der Waals surface area (Å²) in [5, 5.41) is 0. The van der Waals surface area contributed by atoms with E-state index >= 15 is 0 Å². The highest BCUT2D eigenvalue weighted by molar-refractivity contribution is 9.10. The van der Waals surface area contributed by atoms with E-state index in [4.69, 9.17) is 11.6 Å². The van der Waals surface area contributed by atoms with Gasteiger partial charge in [-0.1, -0.05) is 12.1 Å². The summed E-state index contributed by atoms with van der Waals surface area (Å²) >= 11 is 9.40. The molecule has 1 aromatic carbocycles. The maximum Gasteiger partial charge on any atom is 0.123 e. The van der Waals surface area contributed by atoms with E-state index in [-0.39, 0.29) is 11.7 Å². The molecule has 2 rings (SSSR count). The quantitative estimate of drug-likeness (QED) is 0.750. The summed E-state index contributed by atoms with van der Waals surface area (Å²) in [4.78, 5) is 4.13. The highest BCUT2D eigenvalue weighted by atomic mass is 79.9. The minimum atomic E-state index is -0.226. The van der Waals surface area contributed by atoms with E-state index in [1.54, 1.807) is 18.3 Å². The number of benzene rings is 1. The fourth-order valence-corrected chi connectivity index (χ4v) is 2.55. The molecule has 0 spiro atoms. The molecule has 0 aliphatic rings. The van der Waals surface area contributed by atoms with E-state index in [0.29, 0.717) is 5.88 Å². The van der Waals surface area contributed by atoms with Gasteiger partial charge in [0.05, 0.1) is 0 Å². The molecule has 0 aliphatic heterocycles. The standard InChI is InChI=1S/C14H12BrClFN/c15-13-6-10(8-18-9-13)5-12(7-16)11-1-3-14(17)4-2-11/h1-4,6,8-9,12H,5,7H2. The van der Waals surface area contributed by atoms with Gasteiger partial charge in [-0.15, -0.1) is 11.6 Å². The van der Waals surface area contributed by atoms with Crippen LogP contribution in [0.3, 0.4) is 0 Å². The van der Waals surface area contributed by atoms with Crippen molar-refractivity contribution < 1.29 is 4.39 Å². The molecular weight excluding hydrogens is 317 g/mol. The Labute approximate surface area is 119 Å². The fraction of sp³-hybridized carbons (Fsp3) is 0.214. The minimum absolute atomic E-state index is 0.170. The number of hydrogen-bond acceptors (Lipinski definition) is 1. The van der Waals surface area contributed by atoms with Crippen molar-refractivity contribution in [3.05, 3.63) is 64.1 Å². The summed E-state index contributed by atoms with van der Waals surface area (Å²) in [6.45, 7) is 0. The second-order valence-electron chi connectivity index (χ2n) is 4.12. The molecule has 0 saturated heterocycles. The number of halogens is 3. The molecule has 0 radical (unpaired) electrons. The van der Waals surface area contributed by atoms with Crippen molar-refractivity contribution in [3.8, 4) is 0 Å². The Kier molecular flexibility index (Phi) is 4.72. The summed E-state index contributed by atoms with van der Waals surface area (Å²) in [5.74, 6) is 0.442. The van der Waals surface area contributed by atoms with Crippen molar-refractivity contribution in [1.82, 2.24) is 4.98 Å². The lowest BCUT2D eigenvalue weighted by Gasteiger charge is -2.14. The average Bonchev–Trinajstić information content (AvgIpc) is 2.37. The molecule has 4 heteroatoms. The molecule has 94 valence electrons. The monoisotopic (exact) mass is 327 g/mol. The zero-order valence-electron chi connectivity index (χ0n) is 9.61. The van der Waals surface area contributed by atoms with E-state index in [1.165, 1.54) is 12.1 Å². The van der Waals surface area contributed by atoms with Gasteiger partial charge in [0.15, 0.2) is 0 Å². The van der Waals surface area contributed by atoms with E-state index in [0.717, 1.165) is 22.0 Å². The molecule has 1 nitrogen and oxygen atoms in total. The molecule has 18 heavy (non-hydrogen) atoms. The lowest BCUT2D eigenvalue weighted by Crippen LogP contribution is -2.05. The fourth-order valence-electron chi connectivity index (χ4n) is 1.85. The van der Waals surface area contributed by atoms with Crippen LogP contribution in [0, 0.1) is 5.82 Å². The molecule has 0 N–H and O–H groups in total. The highest BCUT2D eigenvalue weighted by Gasteiger charge is 2.12. The second-order valence-corrected chi connectivity index (χ2v) is 5.34. The van der Waals surface area contributed by atoms with Crippen LogP contribution in [0.25, 0.3) is 0 Å². The van der Waals surface area contributed by atoms with Gasteiger partial charge in [-0.2, -0.15) is 0 Å². The molecule has 0 aliphatic carbocycles. The molecule has 2 aromatic rings. The maximum atomic E-state index is 12.9. The van der Waals surface area contributed by atoms with Crippen molar-refractivity contribution in [2.24, 2.45) is 0 Å². The Morgan fingerprint density at radius 2 is 1.94 bits per heavy atom. The Bertz CT molecular complexity index is 515. The second kappa shape index (κ2) is 6.30. The first-order valence-electron chi connectivity index (χ1n) is 5.60. The van der Waals surface area contributed by atoms with Gasteiger partial charge in [0, 0.05) is 28.7 Å². The lowest BCUT2D eigenvalue weighted by atomic mass is 9.94. The number of rotatable bonds is 4. The Balaban J connectivity index is 2.17. The zero-order chi connectivity index (χ0) is 13.0. The van der Waals surface area contributed by atoms with Gasteiger partial charge in [0.25, 0.3) is 0 Å². The summed E-state index contributed by atoms with van der Waals surface area (Å²) in [6, 6.07) is 8.53. The van der Waals surface area contributed by atoms with Crippen LogP contribution in [0.5, 0.6) is 0 Å². The van der Waals surface area contributed by atoms with Gasteiger partial charge in [0.1, 0.15) is 5.82 Å². The number of alkyl halides is 1. The minimum Gasteiger partial charge on any atom is -0.263 e. The van der Waals surface area contributed by atoms with Crippen molar-refractivity contribution in [3.63, 3.8) is 0 Å². The first-order chi connectivity index (χ1) is 8.69. The van der Waals surface area contributed by atoms with Crippen molar-refractivity contribution in [1.29, 1.82) is 0 Å².